The van der Waals surface area contributed by atoms with Crippen molar-refractivity contribution in [3.05, 3.63) is 34.9 Å². The Kier molecular flexibility index (Phi) is 6.48. The molecular weight excluding hydrogens is 362 g/mol. The van der Waals surface area contributed by atoms with Crippen LogP contribution in [-0.4, -0.2) is 44.9 Å². The molecule has 1 atom stereocenters. The van der Waals surface area contributed by atoms with Gasteiger partial charge in [0.1, 0.15) is 5.37 Å². The molecule has 2 N–H and O–H groups in total. The van der Waals surface area contributed by atoms with Crippen LogP contribution in [0.15, 0.2) is 18.2 Å². The third kappa shape index (κ3) is 4.49. The highest BCUT2D eigenvalue weighted by Crippen LogP contribution is 2.42. The maximum absolute atomic E-state index is 12.5. The number of hydrogen-bond acceptors (Lipinski definition) is 4. The second kappa shape index (κ2) is 8.65. The summed E-state index contributed by atoms with van der Waals surface area (Å²) >= 11 is 1.56. The van der Waals surface area contributed by atoms with Crippen LogP contribution in [0, 0.1) is 0 Å². The molecule has 148 valence electrons. The molecule has 2 aliphatic rings. The number of carbonyl (C=O) groups is 2. The Hall–Kier alpha value is -1.53. The molecule has 1 aliphatic heterocycles. The number of benzene rings is 1. The standard InChI is InChI=1S/C21H29NO4S/c1-2-7-15-16(8-6-9-17(15)20(24)25)19-22(18(23)14-27-19)13-12-21(26)10-4-3-5-11-21/h6,8-9,19,26H,2-5,7,10-14H2,1H3,(H,24,25). The molecule has 5 nitrogen and oxygen atoms in total. The van der Waals surface area contributed by atoms with Crippen molar-refractivity contribution in [2.75, 3.05) is 12.3 Å². The van der Waals surface area contributed by atoms with E-state index in [0.717, 1.165) is 43.2 Å². The number of aliphatic hydroxyl groups is 1. The van der Waals surface area contributed by atoms with Crippen LogP contribution in [0.3, 0.4) is 0 Å². The van der Waals surface area contributed by atoms with Crippen molar-refractivity contribution in [1.82, 2.24) is 4.90 Å². The van der Waals surface area contributed by atoms with E-state index in [4.69, 9.17) is 0 Å². The van der Waals surface area contributed by atoms with Gasteiger partial charge in [-0.05, 0) is 42.9 Å². The average Bonchev–Trinajstić information content (AvgIpc) is 3.01. The minimum absolute atomic E-state index is 0.0765. The monoisotopic (exact) mass is 391 g/mol. The van der Waals surface area contributed by atoms with Gasteiger partial charge in [-0.3, -0.25) is 4.79 Å². The van der Waals surface area contributed by atoms with Crippen LogP contribution >= 0.6 is 11.8 Å². The zero-order valence-corrected chi connectivity index (χ0v) is 16.8. The number of carboxylic acids is 1. The van der Waals surface area contributed by atoms with Crippen LogP contribution in [0.5, 0.6) is 0 Å². The van der Waals surface area contributed by atoms with Crippen LogP contribution in [-0.2, 0) is 11.2 Å². The largest absolute Gasteiger partial charge is 0.478 e. The fourth-order valence-corrected chi connectivity index (χ4v) is 5.58. The summed E-state index contributed by atoms with van der Waals surface area (Å²) < 4.78 is 0. The van der Waals surface area contributed by atoms with Crippen molar-refractivity contribution in [1.29, 1.82) is 0 Å². The second-order valence-electron chi connectivity index (χ2n) is 7.71. The molecule has 6 heteroatoms. The average molecular weight is 392 g/mol. The molecule has 2 fully saturated rings. The van der Waals surface area contributed by atoms with E-state index in [1.54, 1.807) is 23.9 Å². The molecule has 1 amide bonds. The molecule has 0 radical (unpaired) electrons. The zero-order valence-electron chi connectivity index (χ0n) is 15.9. The van der Waals surface area contributed by atoms with E-state index in [0.29, 0.717) is 30.7 Å². The molecular formula is C21H29NO4S. The van der Waals surface area contributed by atoms with Gasteiger partial charge in [0, 0.05) is 6.54 Å². The summed E-state index contributed by atoms with van der Waals surface area (Å²) in [7, 11) is 0. The Morgan fingerprint density at radius 2 is 2.04 bits per heavy atom. The number of nitrogens with zero attached hydrogens (tertiary/aromatic N) is 1. The molecule has 1 heterocycles. The van der Waals surface area contributed by atoms with Gasteiger partial charge in [0.2, 0.25) is 5.91 Å². The first-order valence-corrected chi connectivity index (χ1v) is 11.0. The molecule has 1 aromatic carbocycles. The molecule has 0 aromatic heterocycles. The number of rotatable bonds is 7. The first kappa shape index (κ1) is 20.2. The van der Waals surface area contributed by atoms with Gasteiger partial charge in [-0.2, -0.15) is 0 Å². The lowest BCUT2D eigenvalue weighted by Crippen LogP contribution is -2.38. The quantitative estimate of drug-likeness (QED) is 0.735. The lowest BCUT2D eigenvalue weighted by Gasteiger charge is -2.35. The van der Waals surface area contributed by atoms with Gasteiger partial charge in [0.25, 0.3) is 0 Å². The first-order chi connectivity index (χ1) is 12.9. The predicted octanol–water partition coefficient (Wildman–Crippen LogP) is 4.00. The van der Waals surface area contributed by atoms with Crippen molar-refractivity contribution in [2.45, 2.75) is 69.3 Å². The van der Waals surface area contributed by atoms with E-state index in [1.807, 2.05) is 17.9 Å². The van der Waals surface area contributed by atoms with Gasteiger partial charge in [-0.25, -0.2) is 4.79 Å². The van der Waals surface area contributed by atoms with Crippen molar-refractivity contribution in [3.8, 4) is 0 Å². The van der Waals surface area contributed by atoms with Crippen LogP contribution in [0.2, 0.25) is 0 Å². The molecule has 1 aromatic rings. The van der Waals surface area contributed by atoms with E-state index < -0.39 is 11.6 Å². The maximum Gasteiger partial charge on any atom is 0.335 e. The Morgan fingerprint density at radius 3 is 2.70 bits per heavy atom. The molecule has 1 saturated heterocycles. The van der Waals surface area contributed by atoms with E-state index in [-0.39, 0.29) is 11.3 Å². The van der Waals surface area contributed by atoms with E-state index in [2.05, 4.69) is 0 Å². The van der Waals surface area contributed by atoms with Gasteiger partial charge in [0.15, 0.2) is 0 Å². The SMILES string of the molecule is CCCc1c(C(=O)O)cccc1C1SCC(=O)N1CCC1(O)CCCCC1. The van der Waals surface area contributed by atoms with Crippen LogP contribution in [0.25, 0.3) is 0 Å². The zero-order chi connectivity index (χ0) is 19.4. The minimum Gasteiger partial charge on any atom is -0.478 e. The fraction of sp³-hybridized carbons (Fsp3) is 0.619. The third-order valence-electron chi connectivity index (χ3n) is 5.78. The van der Waals surface area contributed by atoms with Crippen molar-refractivity contribution < 1.29 is 19.8 Å². The van der Waals surface area contributed by atoms with Gasteiger partial charge in [-0.1, -0.05) is 44.7 Å². The van der Waals surface area contributed by atoms with Gasteiger partial charge < -0.3 is 15.1 Å². The number of thioether (sulfide) groups is 1. The normalized spacial score (nSPS) is 22.2. The van der Waals surface area contributed by atoms with E-state index in [1.165, 1.54) is 6.42 Å². The molecule has 0 spiro atoms. The van der Waals surface area contributed by atoms with Crippen molar-refractivity contribution >= 4 is 23.6 Å². The summed E-state index contributed by atoms with van der Waals surface area (Å²) in [5, 5.41) is 20.2. The number of aromatic carboxylic acids is 1. The number of carboxylic acid groups (broad SMARTS) is 1. The topological polar surface area (TPSA) is 77.8 Å². The predicted molar refractivity (Wildman–Crippen MR) is 107 cm³/mol. The van der Waals surface area contributed by atoms with E-state index in [9.17, 15) is 19.8 Å². The molecule has 27 heavy (non-hydrogen) atoms. The van der Waals surface area contributed by atoms with Crippen LogP contribution in [0.4, 0.5) is 0 Å². The van der Waals surface area contributed by atoms with E-state index >= 15 is 0 Å². The minimum atomic E-state index is -0.919. The molecule has 3 rings (SSSR count). The highest BCUT2D eigenvalue weighted by molar-refractivity contribution is 8.00. The fourth-order valence-electron chi connectivity index (χ4n) is 4.31. The summed E-state index contributed by atoms with van der Waals surface area (Å²) in [6.07, 6.45) is 7.01. The summed E-state index contributed by atoms with van der Waals surface area (Å²) in [5.74, 6) is -0.434. The molecule has 1 saturated carbocycles. The van der Waals surface area contributed by atoms with Gasteiger partial charge in [-0.15, -0.1) is 11.8 Å². The van der Waals surface area contributed by atoms with Crippen LogP contribution in [0.1, 0.15) is 78.7 Å². The molecule has 1 aliphatic carbocycles. The van der Waals surface area contributed by atoms with Gasteiger partial charge in [0.05, 0.1) is 16.9 Å². The highest BCUT2D eigenvalue weighted by Gasteiger charge is 2.37. The van der Waals surface area contributed by atoms with Crippen LogP contribution < -0.4 is 0 Å². The summed E-state index contributed by atoms with van der Waals surface area (Å²) in [6.45, 7) is 2.56. The Morgan fingerprint density at radius 1 is 1.30 bits per heavy atom. The highest BCUT2D eigenvalue weighted by atomic mass is 32.2. The Labute approximate surface area is 165 Å². The number of carbonyl (C=O) groups excluding carboxylic acids is 1. The Bertz CT molecular complexity index is 699. The van der Waals surface area contributed by atoms with Crippen molar-refractivity contribution in [2.24, 2.45) is 0 Å². The maximum atomic E-state index is 12.5. The third-order valence-corrected chi connectivity index (χ3v) is 7.02. The molecule has 1 unspecified atom stereocenters. The smallest absolute Gasteiger partial charge is 0.335 e. The lowest BCUT2D eigenvalue weighted by atomic mass is 9.82. The number of hydrogen-bond donors (Lipinski definition) is 2. The van der Waals surface area contributed by atoms with Crippen molar-refractivity contribution in [3.63, 3.8) is 0 Å². The van der Waals surface area contributed by atoms with Gasteiger partial charge >= 0.3 is 5.97 Å². The molecule has 0 bridgehead atoms. The Balaban J connectivity index is 1.83. The first-order valence-electron chi connectivity index (χ1n) is 9.94. The lowest BCUT2D eigenvalue weighted by molar-refractivity contribution is -0.129. The number of amides is 1. The summed E-state index contributed by atoms with van der Waals surface area (Å²) in [6, 6.07) is 5.37. The second-order valence-corrected chi connectivity index (χ2v) is 8.78. The summed E-state index contributed by atoms with van der Waals surface area (Å²) in [5.41, 5.74) is 1.44. The summed E-state index contributed by atoms with van der Waals surface area (Å²) in [4.78, 5) is 26.0.